The van der Waals surface area contributed by atoms with Gasteiger partial charge in [-0.3, -0.25) is 20.4 Å². The predicted molar refractivity (Wildman–Crippen MR) is 128 cm³/mol. The molecule has 0 fully saturated rings. The summed E-state index contributed by atoms with van der Waals surface area (Å²) in [5.41, 5.74) is 6.69. The number of carbonyl (C=O) groups excluding carboxylic acids is 2. The van der Waals surface area contributed by atoms with Crippen molar-refractivity contribution in [1.82, 2.24) is 15.6 Å². The molecular weight excluding hydrogens is 454 g/mol. The van der Waals surface area contributed by atoms with Crippen LogP contribution < -0.4 is 20.3 Å². The maximum atomic E-state index is 12.6. The van der Waals surface area contributed by atoms with Crippen LogP contribution in [0.5, 0.6) is 5.75 Å². The van der Waals surface area contributed by atoms with Crippen LogP contribution in [0.4, 0.5) is 0 Å². The summed E-state index contributed by atoms with van der Waals surface area (Å²) in [7, 11) is -3.82. The maximum absolute atomic E-state index is 12.6. The second-order valence-corrected chi connectivity index (χ2v) is 9.37. The van der Waals surface area contributed by atoms with E-state index in [4.69, 9.17) is 4.74 Å². The Bertz CT molecular complexity index is 1210. The van der Waals surface area contributed by atoms with E-state index in [1.54, 1.807) is 0 Å². The molecule has 0 spiro atoms. The molecule has 0 saturated heterocycles. The van der Waals surface area contributed by atoms with Gasteiger partial charge in [-0.15, -0.1) is 0 Å². The fourth-order valence-corrected chi connectivity index (χ4v) is 4.04. The smallest absolute Gasteiger partial charge is 0.269 e. The van der Waals surface area contributed by atoms with E-state index in [9.17, 15) is 18.0 Å². The van der Waals surface area contributed by atoms with Gasteiger partial charge in [0.05, 0.1) is 11.5 Å². The van der Waals surface area contributed by atoms with E-state index in [0.29, 0.717) is 13.0 Å². The fourth-order valence-electron chi connectivity index (χ4n) is 2.98. The number of ether oxygens (including phenoxy) is 1. The average molecular weight is 482 g/mol. The van der Waals surface area contributed by atoms with Gasteiger partial charge < -0.3 is 4.74 Å². The topological polar surface area (TPSA) is 114 Å². The number of rotatable bonds is 10. The molecule has 0 saturated carbocycles. The minimum Gasteiger partial charge on any atom is -0.494 e. The molecule has 2 amide bonds. The lowest BCUT2D eigenvalue weighted by Gasteiger charge is -2.10. The van der Waals surface area contributed by atoms with Crippen molar-refractivity contribution in [3.63, 3.8) is 0 Å². The van der Waals surface area contributed by atoms with Gasteiger partial charge in [0.15, 0.2) is 0 Å². The van der Waals surface area contributed by atoms with E-state index >= 15 is 0 Å². The third-order valence-corrected chi connectivity index (χ3v) is 6.27. The summed E-state index contributed by atoms with van der Waals surface area (Å²) in [6, 6.07) is 22.3. The highest BCUT2D eigenvalue weighted by molar-refractivity contribution is 7.89. The Balaban J connectivity index is 1.45. The van der Waals surface area contributed by atoms with Crippen molar-refractivity contribution in [2.45, 2.75) is 31.2 Å². The first-order valence-electron chi connectivity index (χ1n) is 10.8. The summed E-state index contributed by atoms with van der Waals surface area (Å²) < 4.78 is 33.3. The lowest BCUT2D eigenvalue weighted by Crippen LogP contribution is -2.41. The zero-order chi connectivity index (χ0) is 24.4. The molecule has 8 nitrogen and oxygen atoms in total. The SMILES string of the molecule is Cc1ccc(OCCCC(=O)NNC(=O)c2cccc(S(=O)(=O)NCc3ccccc3)c2)cc1. The van der Waals surface area contributed by atoms with E-state index in [-0.39, 0.29) is 29.3 Å². The monoisotopic (exact) mass is 481 g/mol. The molecule has 0 atom stereocenters. The van der Waals surface area contributed by atoms with Crippen LogP contribution in [0.2, 0.25) is 0 Å². The van der Waals surface area contributed by atoms with E-state index in [1.807, 2.05) is 61.5 Å². The van der Waals surface area contributed by atoms with Crippen LogP contribution in [-0.4, -0.2) is 26.8 Å². The third-order valence-electron chi connectivity index (χ3n) is 4.87. The van der Waals surface area contributed by atoms with E-state index in [1.165, 1.54) is 24.3 Å². The number of hydrogen-bond acceptors (Lipinski definition) is 5. The zero-order valence-electron chi connectivity index (χ0n) is 18.8. The normalized spacial score (nSPS) is 11.0. The molecule has 3 N–H and O–H groups in total. The lowest BCUT2D eigenvalue weighted by atomic mass is 10.2. The molecule has 3 aromatic rings. The minimum absolute atomic E-state index is 0.0457. The minimum atomic E-state index is -3.82. The maximum Gasteiger partial charge on any atom is 0.269 e. The Kier molecular flexibility index (Phi) is 8.78. The number of hydrogen-bond donors (Lipinski definition) is 3. The largest absolute Gasteiger partial charge is 0.494 e. The van der Waals surface area contributed by atoms with Gasteiger partial charge >= 0.3 is 0 Å². The van der Waals surface area contributed by atoms with E-state index in [2.05, 4.69) is 15.6 Å². The first kappa shape index (κ1) is 24.9. The second kappa shape index (κ2) is 12.0. The van der Waals surface area contributed by atoms with Crippen LogP contribution in [0, 0.1) is 6.92 Å². The molecule has 34 heavy (non-hydrogen) atoms. The molecule has 0 radical (unpaired) electrons. The number of aryl methyl sites for hydroxylation is 1. The second-order valence-electron chi connectivity index (χ2n) is 7.61. The quantitative estimate of drug-likeness (QED) is 0.304. The molecule has 178 valence electrons. The summed E-state index contributed by atoms with van der Waals surface area (Å²) in [5.74, 6) is -0.272. The van der Waals surface area contributed by atoms with Crippen molar-refractivity contribution in [3.05, 3.63) is 95.6 Å². The van der Waals surface area contributed by atoms with Crippen LogP contribution in [0.15, 0.2) is 83.8 Å². The Morgan fingerprint density at radius 1 is 0.882 bits per heavy atom. The molecule has 0 unspecified atom stereocenters. The van der Waals surface area contributed by atoms with Gasteiger partial charge in [-0.05, 0) is 49.2 Å². The summed E-state index contributed by atoms with van der Waals surface area (Å²) in [4.78, 5) is 24.3. The molecular formula is C25H27N3O5S. The highest BCUT2D eigenvalue weighted by atomic mass is 32.2. The van der Waals surface area contributed by atoms with Gasteiger partial charge in [0, 0.05) is 18.5 Å². The van der Waals surface area contributed by atoms with Crippen molar-refractivity contribution >= 4 is 21.8 Å². The molecule has 3 aromatic carbocycles. The van der Waals surface area contributed by atoms with Crippen LogP contribution in [0.3, 0.4) is 0 Å². The predicted octanol–water partition coefficient (Wildman–Crippen LogP) is 3.09. The number of amides is 2. The Labute approximate surface area is 199 Å². The van der Waals surface area contributed by atoms with Gasteiger partial charge in [-0.25, -0.2) is 13.1 Å². The molecule has 0 aliphatic carbocycles. The van der Waals surface area contributed by atoms with Crippen LogP contribution in [0.1, 0.15) is 34.3 Å². The molecule has 0 aliphatic rings. The molecule has 0 bridgehead atoms. The highest BCUT2D eigenvalue weighted by Gasteiger charge is 2.16. The van der Waals surface area contributed by atoms with Crippen molar-refractivity contribution in [2.24, 2.45) is 0 Å². The summed E-state index contributed by atoms with van der Waals surface area (Å²) in [6.07, 6.45) is 0.625. The standard InChI is InChI=1S/C25H27N3O5S/c1-19-12-14-22(15-13-19)33-16-6-11-24(29)27-28-25(30)21-9-5-10-23(17-21)34(31,32)26-18-20-7-3-2-4-8-20/h2-5,7-10,12-15,17,26H,6,11,16,18H2,1H3,(H,27,29)(H,28,30). The molecule has 3 rings (SSSR count). The summed E-state index contributed by atoms with van der Waals surface area (Å²) in [6.45, 7) is 2.48. The highest BCUT2D eigenvalue weighted by Crippen LogP contribution is 2.13. The van der Waals surface area contributed by atoms with Gasteiger partial charge in [0.25, 0.3) is 5.91 Å². The van der Waals surface area contributed by atoms with E-state index < -0.39 is 15.9 Å². The van der Waals surface area contributed by atoms with Crippen molar-refractivity contribution in [3.8, 4) is 5.75 Å². The Hall–Kier alpha value is -3.69. The van der Waals surface area contributed by atoms with Crippen LogP contribution >= 0.6 is 0 Å². The Morgan fingerprint density at radius 3 is 2.35 bits per heavy atom. The number of carbonyl (C=O) groups is 2. The first-order chi connectivity index (χ1) is 16.3. The average Bonchev–Trinajstić information content (AvgIpc) is 2.86. The van der Waals surface area contributed by atoms with Crippen LogP contribution in [0.25, 0.3) is 0 Å². The number of benzene rings is 3. The molecule has 0 heterocycles. The van der Waals surface area contributed by atoms with Crippen molar-refractivity contribution in [2.75, 3.05) is 6.61 Å². The van der Waals surface area contributed by atoms with Crippen molar-refractivity contribution < 1.29 is 22.7 Å². The Morgan fingerprint density at radius 2 is 1.62 bits per heavy atom. The molecule has 0 aromatic heterocycles. The number of nitrogens with one attached hydrogen (secondary N) is 3. The van der Waals surface area contributed by atoms with Gasteiger partial charge in [-0.2, -0.15) is 0 Å². The summed E-state index contributed by atoms with van der Waals surface area (Å²) >= 11 is 0. The fraction of sp³-hybridized carbons (Fsp3) is 0.200. The lowest BCUT2D eigenvalue weighted by molar-refractivity contribution is -0.122. The van der Waals surface area contributed by atoms with Gasteiger partial charge in [0.1, 0.15) is 5.75 Å². The van der Waals surface area contributed by atoms with Gasteiger partial charge in [-0.1, -0.05) is 54.1 Å². The summed E-state index contributed by atoms with van der Waals surface area (Å²) in [5, 5.41) is 0. The zero-order valence-corrected chi connectivity index (χ0v) is 19.6. The number of sulfonamides is 1. The van der Waals surface area contributed by atoms with Gasteiger partial charge in [0.2, 0.25) is 15.9 Å². The van der Waals surface area contributed by atoms with Crippen LogP contribution in [-0.2, 0) is 21.4 Å². The number of hydrazine groups is 1. The van der Waals surface area contributed by atoms with E-state index in [0.717, 1.165) is 16.9 Å². The van der Waals surface area contributed by atoms with Crippen molar-refractivity contribution in [1.29, 1.82) is 0 Å². The molecule has 9 heteroatoms. The third kappa shape index (κ3) is 7.72. The molecule has 0 aliphatic heterocycles. The first-order valence-corrected chi connectivity index (χ1v) is 12.2.